The quantitative estimate of drug-likeness (QED) is 0.873. The van der Waals surface area contributed by atoms with Gasteiger partial charge in [-0.15, -0.1) is 0 Å². The van der Waals surface area contributed by atoms with Gasteiger partial charge in [0.05, 0.1) is 5.35 Å². The minimum atomic E-state index is 0.772. The lowest BCUT2D eigenvalue weighted by molar-refractivity contribution is 0.373. The lowest BCUT2D eigenvalue weighted by Gasteiger charge is -2.23. The number of hydrogen-bond donors (Lipinski definition) is 1. The van der Waals surface area contributed by atoms with Gasteiger partial charge in [0, 0.05) is 24.9 Å². The molecule has 1 aromatic heterocycles. The zero-order valence-electron chi connectivity index (χ0n) is 15.1. The predicted octanol–water partition coefficient (Wildman–Crippen LogP) is 2.84. The van der Waals surface area contributed by atoms with Gasteiger partial charge < -0.3 is 10.2 Å². The fraction of sp³-hybridized carbons (Fsp3) is 0.600. The van der Waals surface area contributed by atoms with Gasteiger partial charge >= 0.3 is 0 Å². The number of fused-ring (bicyclic) bond motifs is 1. The van der Waals surface area contributed by atoms with Crippen molar-refractivity contribution in [3.05, 3.63) is 22.7 Å². The summed E-state index contributed by atoms with van der Waals surface area (Å²) in [5.74, 6) is 2.62. The highest BCUT2D eigenvalue weighted by molar-refractivity contribution is 5.53. The maximum Gasteiger partial charge on any atom is 0.225 e. The molecule has 1 aromatic rings. The first-order chi connectivity index (χ1) is 11.8. The summed E-state index contributed by atoms with van der Waals surface area (Å²) in [5, 5.41) is 5.73. The molecule has 0 spiro atoms. The highest BCUT2D eigenvalue weighted by atomic mass is 15.2. The third kappa shape index (κ3) is 3.97. The lowest BCUT2D eigenvalue weighted by atomic mass is 9.89. The van der Waals surface area contributed by atoms with E-state index >= 15 is 0 Å². The van der Waals surface area contributed by atoms with Crippen molar-refractivity contribution in [2.45, 2.75) is 52.4 Å². The molecule has 4 nitrogen and oxygen atoms in total. The van der Waals surface area contributed by atoms with Crippen molar-refractivity contribution >= 4 is 23.9 Å². The summed E-state index contributed by atoms with van der Waals surface area (Å²) in [6, 6.07) is 0. The number of allylic oxidation sites excluding steroid dienone is 2. The molecule has 1 saturated carbocycles. The number of anilines is 2. The van der Waals surface area contributed by atoms with Crippen LogP contribution < -0.4 is 20.8 Å². The van der Waals surface area contributed by atoms with Crippen LogP contribution in [0.5, 0.6) is 0 Å². The zero-order chi connectivity index (χ0) is 16.8. The molecule has 2 aliphatic carbocycles. The molecule has 0 amide bonds. The molecule has 0 bridgehead atoms. The Hall–Kier alpha value is -1.84. The van der Waals surface area contributed by atoms with Gasteiger partial charge in [0.15, 0.2) is 0 Å². The van der Waals surface area contributed by atoms with Crippen molar-refractivity contribution < 1.29 is 0 Å². The summed E-state index contributed by atoms with van der Waals surface area (Å²) in [5.41, 5.74) is 0. The van der Waals surface area contributed by atoms with Crippen molar-refractivity contribution in [3.63, 3.8) is 0 Å². The number of rotatable bonds is 6. The second kappa shape index (κ2) is 8.32. The second-order valence-corrected chi connectivity index (χ2v) is 6.76. The van der Waals surface area contributed by atoms with Gasteiger partial charge in [0.25, 0.3) is 0 Å². The molecular weight excluding hydrogens is 296 g/mol. The third-order valence-corrected chi connectivity index (χ3v) is 5.14. The smallest absolute Gasteiger partial charge is 0.225 e. The predicted molar refractivity (Wildman–Crippen MR) is 103 cm³/mol. The summed E-state index contributed by atoms with van der Waals surface area (Å²) >= 11 is 0. The van der Waals surface area contributed by atoms with E-state index in [0.29, 0.717) is 0 Å². The molecule has 0 atom stereocenters. The highest BCUT2D eigenvalue weighted by Gasteiger charge is 2.15. The van der Waals surface area contributed by atoms with E-state index in [2.05, 4.69) is 48.4 Å². The van der Waals surface area contributed by atoms with E-state index < -0.39 is 0 Å². The van der Waals surface area contributed by atoms with E-state index in [-0.39, 0.29) is 0 Å². The van der Waals surface area contributed by atoms with Crippen molar-refractivity contribution in [2.75, 3.05) is 29.9 Å². The van der Waals surface area contributed by atoms with Crippen LogP contribution in [0.1, 0.15) is 52.4 Å². The van der Waals surface area contributed by atoms with Crippen LogP contribution in [0.15, 0.2) is 12.2 Å². The van der Waals surface area contributed by atoms with Crippen LogP contribution in [-0.4, -0.2) is 29.6 Å². The number of nitrogens with zero attached hydrogens (tertiary/aromatic N) is 3. The van der Waals surface area contributed by atoms with Crippen LogP contribution in [-0.2, 0) is 0 Å². The Bertz CT molecular complexity index is 682. The third-order valence-electron chi connectivity index (χ3n) is 5.14. The Labute approximate surface area is 145 Å². The molecule has 0 aromatic carbocycles. The molecule has 0 saturated heterocycles. The van der Waals surface area contributed by atoms with E-state index in [1.807, 2.05) is 0 Å². The van der Waals surface area contributed by atoms with Crippen molar-refractivity contribution in [2.24, 2.45) is 5.92 Å². The molecule has 0 unspecified atom stereocenters. The first-order valence-corrected chi connectivity index (χ1v) is 9.55. The van der Waals surface area contributed by atoms with Gasteiger partial charge in [0.2, 0.25) is 5.95 Å². The Morgan fingerprint density at radius 1 is 1.12 bits per heavy atom. The van der Waals surface area contributed by atoms with Gasteiger partial charge in [-0.05, 0) is 45.1 Å². The Morgan fingerprint density at radius 2 is 1.92 bits per heavy atom. The van der Waals surface area contributed by atoms with Crippen molar-refractivity contribution in [1.82, 2.24) is 9.97 Å². The Kier molecular flexibility index (Phi) is 5.89. The highest BCUT2D eigenvalue weighted by Crippen LogP contribution is 2.23. The number of hydrogen-bond acceptors (Lipinski definition) is 4. The van der Waals surface area contributed by atoms with Crippen molar-refractivity contribution in [3.8, 4) is 0 Å². The summed E-state index contributed by atoms with van der Waals surface area (Å²) in [7, 11) is 0. The van der Waals surface area contributed by atoms with E-state index in [1.165, 1.54) is 37.3 Å². The van der Waals surface area contributed by atoms with Gasteiger partial charge in [-0.2, -0.15) is 4.98 Å². The topological polar surface area (TPSA) is 41.1 Å². The Balaban J connectivity index is 1.89. The molecule has 4 heteroatoms. The van der Waals surface area contributed by atoms with Crippen LogP contribution in [0.3, 0.4) is 0 Å². The molecule has 1 heterocycles. The van der Waals surface area contributed by atoms with E-state index in [9.17, 15) is 0 Å². The van der Waals surface area contributed by atoms with E-state index in [0.717, 1.165) is 49.1 Å². The molecule has 1 fully saturated rings. The lowest BCUT2D eigenvalue weighted by Crippen LogP contribution is -2.38. The minimum absolute atomic E-state index is 0.772. The Morgan fingerprint density at radius 3 is 2.67 bits per heavy atom. The summed E-state index contributed by atoms with van der Waals surface area (Å²) < 4.78 is 0. The fourth-order valence-electron chi connectivity index (χ4n) is 3.69. The van der Waals surface area contributed by atoms with Gasteiger partial charge in [-0.3, -0.25) is 0 Å². The molecule has 1 N–H and O–H groups in total. The van der Waals surface area contributed by atoms with Gasteiger partial charge in [-0.1, -0.05) is 37.5 Å². The summed E-state index contributed by atoms with van der Waals surface area (Å²) in [6.45, 7) is 7.29. The molecule has 0 radical (unpaired) electrons. The van der Waals surface area contributed by atoms with Gasteiger partial charge in [-0.25, -0.2) is 4.98 Å². The van der Waals surface area contributed by atoms with Crippen LogP contribution in [0.2, 0.25) is 0 Å². The summed E-state index contributed by atoms with van der Waals surface area (Å²) in [6.07, 6.45) is 16.4. The first kappa shape index (κ1) is 17.0. The van der Waals surface area contributed by atoms with E-state index in [4.69, 9.17) is 9.97 Å². The SMILES string of the molecule is CCN(CC)c1nc(NCC2CCCCC2)nc2c1=CCC=CC=2. The maximum atomic E-state index is 4.88. The molecule has 130 valence electrons. The molecular formula is C20H30N4. The zero-order valence-corrected chi connectivity index (χ0v) is 15.1. The van der Waals surface area contributed by atoms with Crippen LogP contribution in [0.25, 0.3) is 12.2 Å². The second-order valence-electron chi connectivity index (χ2n) is 6.76. The maximum absolute atomic E-state index is 4.88. The van der Waals surface area contributed by atoms with Crippen LogP contribution in [0.4, 0.5) is 11.8 Å². The number of aromatic nitrogens is 2. The first-order valence-electron chi connectivity index (χ1n) is 9.55. The largest absolute Gasteiger partial charge is 0.357 e. The summed E-state index contributed by atoms with van der Waals surface area (Å²) in [4.78, 5) is 12.0. The fourth-order valence-corrected chi connectivity index (χ4v) is 3.69. The number of nitrogens with one attached hydrogen (secondary N) is 1. The van der Waals surface area contributed by atoms with Gasteiger partial charge in [0.1, 0.15) is 5.82 Å². The van der Waals surface area contributed by atoms with Crippen molar-refractivity contribution in [1.29, 1.82) is 0 Å². The standard InChI is InChI=1S/C20H30N4/c1-3-24(4-2)19-17-13-9-6-10-14-18(17)22-20(23-19)21-15-16-11-7-5-8-12-16/h6,10,13-14,16H,3-5,7-9,11-12,15H2,1-2H3,(H,21,22). The van der Waals surface area contributed by atoms with E-state index in [1.54, 1.807) is 0 Å². The average Bonchev–Trinajstić information content (AvgIpc) is 2.87. The van der Waals surface area contributed by atoms with Crippen LogP contribution in [0, 0.1) is 5.92 Å². The molecule has 0 aliphatic heterocycles. The molecule has 2 aliphatic rings. The minimum Gasteiger partial charge on any atom is -0.357 e. The monoisotopic (exact) mass is 326 g/mol. The van der Waals surface area contributed by atoms with Crippen LogP contribution >= 0.6 is 0 Å². The average molecular weight is 326 g/mol. The normalized spacial score (nSPS) is 17.4. The molecule has 24 heavy (non-hydrogen) atoms. The molecule has 3 rings (SSSR count).